The van der Waals surface area contributed by atoms with Crippen LogP contribution >= 0.6 is 0 Å². The highest BCUT2D eigenvalue weighted by atomic mass is 16.1. The lowest BCUT2D eigenvalue weighted by molar-refractivity contribution is -0.121. The van der Waals surface area contributed by atoms with Crippen molar-refractivity contribution in [2.75, 3.05) is 13.1 Å². The predicted molar refractivity (Wildman–Crippen MR) is 60.6 cm³/mol. The van der Waals surface area contributed by atoms with E-state index in [2.05, 4.69) is 20.6 Å². The van der Waals surface area contributed by atoms with Gasteiger partial charge in [0.25, 0.3) is 0 Å². The lowest BCUT2D eigenvalue weighted by Gasteiger charge is -2.07. The standard InChI is InChI=1S/C11H18N4O/c16-11(2-1-9-3-4-12-7-9)15-8-10-13-5-6-14-10/h5-6,9,12H,1-4,7-8H2,(H,13,14)(H,15,16). The molecule has 0 aliphatic carbocycles. The van der Waals surface area contributed by atoms with Crippen LogP contribution in [0.25, 0.3) is 0 Å². The number of rotatable bonds is 5. The average molecular weight is 222 g/mol. The first kappa shape index (κ1) is 11.1. The van der Waals surface area contributed by atoms with E-state index in [0.717, 1.165) is 25.3 Å². The van der Waals surface area contributed by atoms with Crippen LogP contribution in [0.5, 0.6) is 0 Å². The highest BCUT2D eigenvalue weighted by molar-refractivity contribution is 5.75. The molecule has 1 atom stereocenters. The van der Waals surface area contributed by atoms with Gasteiger partial charge in [0.1, 0.15) is 5.82 Å². The molecule has 1 saturated heterocycles. The summed E-state index contributed by atoms with van der Waals surface area (Å²) in [6.07, 6.45) is 6.24. The molecule has 0 saturated carbocycles. The molecule has 0 bridgehead atoms. The molecule has 0 radical (unpaired) electrons. The Hall–Kier alpha value is -1.36. The maximum atomic E-state index is 11.5. The van der Waals surface area contributed by atoms with Crippen LogP contribution in [0.3, 0.4) is 0 Å². The van der Waals surface area contributed by atoms with Crippen LogP contribution in [0.15, 0.2) is 12.4 Å². The van der Waals surface area contributed by atoms with Crippen LogP contribution in [0.4, 0.5) is 0 Å². The number of carbonyl (C=O) groups excluding carboxylic acids is 1. The SMILES string of the molecule is O=C(CCC1CCNC1)NCc1ncc[nH]1. The van der Waals surface area contributed by atoms with Gasteiger partial charge in [-0.05, 0) is 31.8 Å². The predicted octanol–water partition coefficient (Wildman–Crippen LogP) is 0.416. The normalized spacial score (nSPS) is 19.9. The van der Waals surface area contributed by atoms with Gasteiger partial charge in [-0.25, -0.2) is 4.98 Å². The molecule has 0 spiro atoms. The van der Waals surface area contributed by atoms with E-state index >= 15 is 0 Å². The third kappa shape index (κ3) is 3.34. The molecule has 5 nitrogen and oxygen atoms in total. The Balaban J connectivity index is 1.60. The molecule has 88 valence electrons. The van der Waals surface area contributed by atoms with Gasteiger partial charge in [-0.2, -0.15) is 0 Å². The molecule has 5 heteroatoms. The van der Waals surface area contributed by atoms with E-state index in [1.54, 1.807) is 12.4 Å². The van der Waals surface area contributed by atoms with Crippen LogP contribution in [0.2, 0.25) is 0 Å². The largest absolute Gasteiger partial charge is 0.349 e. The van der Waals surface area contributed by atoms with Gasteiger partial charge in [-0.3, -0.25) is 4.79 Å². The molecule has 1 amide bonds. The maximum absolute atomic E-state index is 11.5. The van der Waals surface area contributed by atoms with Crippen LogP contribution in [-0.4, -0.2) is 29.0 Å². The quantitative estimate of drug-likeness (QED) is 0.676. The van der Waals surface area contributed by atoms with Gasteiger partial charge < -0.3 is 15.6 Å². The van der Waals surface area contributed by atoms with E-state index in [1.165, 1.54) is 6.42 Å². The molecule has 1 aliphatic heterocycles. The van der Waals surface area contributed by atoms with E-state index in [-0.39, 0.29) is 5.91 Å². The third-order valence-electron chi connectivity index (χ3n) is 2.95. The molecule has 16 heavy (non-hydrogen) atoms. The first-order chi connectivity index (χ1) is 7.84. The number of aromatic nitrogens is 2. The van der Waals surface area contributed by atoms with Crippen molar-refractivity contribution in [3.05, 3.63) is 18.2 Å². The Morgan fingerprint density at radius 1 is 1.62 bits per heavy atom. The summed E-state index contributed by atoms with van der Waals surface area (Å²) in [5.41, 5.74) is 0. The van der Waals surface area contributed by atoms with Gasteiger partial charge >= 0.3 is 0 Å². The summed E-state index contributed by atoms with van der Waals surface area (Å²) < 4.78 is 0. The number of aromatic amines is 1. The van der Waals surface area contributed by atoms with Crippen molar-refractivity contribution in [1.82, 2.24) is 20.6 Å². The Bertz CT molecular complexity index is 317. The minimum Gasteiger partial charge on any atom is -0.349 e. The summed E-state index contributed by atoms with van der Waals surface area (Å²) in [7, 11) is 0. The number of hydrogen-bond acceptors (Lipinski definition) is 3. The van der Waals surface area contributed by atoms with Crippen LogP contribution in [0.1, 0.15) is 25.1 Å². The van der Waals surface area contributed by atoms with E-state index in [1.807, 2.05) is 0 Å². The summed E-state index contributed by atoms with van der Waals surface area (Å²) in [6, 6.07) is 0. The second-order valence-corrected chi connectivity index (χ2v) is 4.21. The minimum atomic E-state index is 0.114. The van der Waals surface area contributed by atoms with Gasteiger partial charge in [-0.1, -0.05) is 0 Å². The number of H-pyrrole nitrogens is 1. The summed E-state index contributed by atoms with van der Waals surface area (Å²) in [6.45, 7) is 2.65. The number of amides is 1. The van der Waals surface area contributed by atoms with E-state index in [9.17, 15) is 4.79 Å². The Kier molecular flexibility index (Phi) is 3.93. The zero-order valence-electron chi connectivity index (χ0n) is 9.33. The number of carbonyl (C=O) groups is 1. The van der Waals surface area contributed by atoms with E-state index in [0.29, 0.717) is 18.9 Å². The molecular weight excluding hydrogens is 204 g/mol. The molecule has 1 aliphatic rings. The smallest absolute Gasteiger partial charge is 0.220 e. The summed E-state index contributed by atoms with van der Waals surface area (Å²) in [5.74, 6) is 1.59. The van der Waals surface area contributed by atoms with Crippen molar-refractivity contribution in [2.24, 2.45) is 5.92 Å². The van der Waals surface area contributed by atoms with Gasteiger partial charge in [-0.15, -0.1) is 0 Å². The summed E-state index contributed by atoms with van der Waals surface area (Å²) in [4.78, 5) is 18.5. The van der Waals surface area contributed by atoms with Crippen molar-refractivity contribution in [1.29, 1.82) is 0 Å². The van der Waals surface area contributed by atoms with Gasteiger partial charge in [0.2, 0.25) is 5.91 Å². The summed E-state index contributed by atoms with van der Waals surface area (Å²) in [5, 5.41) is 6.16. The zero-order valence-corrected chi connectivity index (χ0v) is 9.33. The average Bonchev–Trinajstić information content (AvgIpc) is 2.96. The van der Waals surface area contributed by atoms with Crippen LogP contribution < -0.4 is 10.6 Å². The van der Waals surface area contributed by atoms with Crippen molar-refractivity contribution >= 4 is 5.91 Å². The van der Waals surface area contributed by atoms with Gasteiger partial charge in [0.15, 0.2) is 0 Å². The second-order valence-electron chi connectivity index (χ2n) is 4.21. The number of nitrogens with one attached hydrogen (secondary N) is 3. The number of hydrogen-bond donors (Lipinski definition) is 3. The maximum Gasteiger partial charge on any atom is 0.220 e. The third-order valence-corrected chi connectivity index (χ3v) is 2.95. The van der Waals surface area contributed by atoms with Crippen molar-refractivity contribution < 1.29 is 4.79 Å². The van der Waals surface area contributed by atoms with Crippen LogP contribution in [-0.2, 0) is 11.3 Å². The Morgan fingerprint density at radius 3 is 3.25 bits per heavy atom. The molecule has 1 aromatic heterocycles. The van der Waals surface area contributed by atoms with Gasteiger partial charge in [0.05, 0.1) is 6.54 Å². The minimum absolute atomic E-state index is 0.114. The van der Waals surface area contributed by atoms with E-state index < -0.39 is 0 Å². The molecular formula is C11H18N4O. The summed E-state index contributed by atoms with van der Waals surface area (Å²) >= 11 is 0. The van der Waals surface area contributed by atoms with E-state index in [4.69, 9.17) is 0 Å². The second kappa shape index (κ2) is 5.65. The van der Waals surface area contributed by atoms with Crippen molar-refractivity contribution in [3.8, 4) is 0 Å². The van der Waals surface area contributed by atoms with Crippen molar-refractivity contribution in [3.63, 3.8) is 0 Å². The molecule has 1 aromatic rings. The fourth-order valence-electron chi connectivity index (χ4n) is 1.96. The monoisotopic (exact) mass is 222 g/mol. The first-order valence-electron chi connectivity index (χ1n) is 5.80. The molecule has 0 aromatic carbocycles. The molecule has 2 heterocycles. The number of imidazole rings is 1. The molecule has 2 rings (SSSR count). The number of nitrogens with zero attached hydrogens (tertiary/aromatic N) is 1. The lowest BCUT2D eigenvalue weighted by atomic mass is 10.0. The highest BCUT2D eigenvalue weighted by Crippen LogP contribution is 2.13. The topological polar surface area (TPSA) is 69.8 Å². The van der Waals surface area contributed by atoms with Gasteiger partial charge in [0, 0.05) is 18.8 Å². The lowest BCUT2D eigenvalue weighted by Crippen LogP contribution is -2.24. The molecule has 1 fully saturated rings. The Morgan fingerprint density at radius 2 is 2.56 bits per heavy atom. The fourth-order valence-corrected chi connectivity index (χ4v) is 1.96. The highest BCUT2D eigenvalue weighted by Gasteiger charge is 2.15. The molecule has 3 N–H and O–H groups in total. The molecule has 1 unspecified atom stereocenters. The van der Waals surface area contributed by atoms with Crippen LogP contribution in [0, 0.1) is 5.92 Å². The fraction of sp³-hybridized carbons (Fsp3) is 0.636. The zero-order chi connectivity index (χ0) is 11.2. The van der Waals surface area contributed by atoms with Crippen molar-refractivity contribution in [2.45, 2.75) is 25.8 Å². The first-order valence-corrected chi connectivity index (χ1v) is 5.80. The Labute approximate surface area is 95.0 Å².